The van der Waals surface area contributed by atoms with Crippen LogP contribution < -0.4 is 10.6 Å². The number of nitrogens with one attached hydrogen (secondary N) is 2. The molecule has 8 nitrogen and oxygen atoms in total. The van der Waals surface area contributed by atoms with Crippen LogP contribution in [-0.4, -0.2) is 53.7 Å². The molecule has 29 heavy (non-hydrogen) atoms. The number of ether oxygens (including phenoxy) is 1. The summed E-state index contributed by atoms with van der Waals surface area (Å²) in [7, 11) is -3.94. The summed E-state index contributed by atoms with van der Waals surface area (Å²) in [5.74, 6) is -2.07. The second-order valence-corrected chi connectivity index (χ2v) is 9.68. The maximum atomic E-state index is 12.6. The van der Waals surface area contributed by atoms with Crippen LogP contribution in [0.15, 0.2) is 30.3 Å². The Bertz CT molecular complexity index is 749. The monoisotopic (exact) mass is 424 g/mol. The lowest BCUT2D eigenvalue weighted by Crippen LogP contribution is -2.38. The van der Waals surface area contributed by atoms with Crippen molar-refractivity contribution in [2.75, 3.05) is 18.9 Å². The van der Waals surface area contributed by atoms with Crippen molar-refractivity contribution in [1.29, 1.82) is 0 Å². The second-order valence-electron chi connectivity index (χ2n) is 7.31. The summed E-state index contributed by atoms with van der Waals surface area (Å²) in [6, 6.07) is 7.48. The summed E-state index contributed by atoms with van der Waals surface area (Å²) in [4.78, 5) is 46.5. The molecule has 2 rings (SSSR count). The van der Waals surface area contributed by atoms with Crippen LogP contribution in [0.4, 0.5) is 0 Å². The molecule has 1 aromatic rings. The van der Waals surface area contributed by atoms with Gasteiger partial charge < -0.3 is 20.3 Å². The van der Waals surface area contributed by atoms with Crippen molar-refractivity contribution >= 4 is 25.2 Å². The van der Waals surface area contributed by atoms with Crippen molar-refractivity contribution < 1.29 is 28.6 Å². The molecule has 1 fully saturated rings. The van der Waals surface area contributed by atoms with Crippen molar-refractivity contribution in [3.8, 4) is 0 Å². The van der Waals surface area contributed by atoms with E-state index in [4.69, 9.17) is 4.74 Å². The Hall–Kier alpha value is -2.02. The molecule has 9 heteroatoms. The van der Waals surface area contributed by atoms with E-state index in [0.717, 1.165) is 19.3 Å². The highest BCUT2D eigenvalue weighted by Crippen LogP contribution is 2.41. The van der Waals surface area contributed by atoms with Gasteiger partial charge in [0.05, 0.1) is 0 Å². The molecule has 0 aromatic heterocycles. The highest BCUT2D eigenvalue weighted by molar-refractivity contribution is 7.59. The Balaban J connectivity index is 1.92. The lowest BCUT2D eigenvalue weighted by Gasteiger charge is -2.21. The molecule has 0 spiro atoms. The van der Waals surface area contributed by atoms with E-state index in [1.54, 1.807) is 30.3 Å². The van der Waals surface area contributed by atoms with E-state index in [9.17, 15) is 23.8 Å². The Morgan fingerprint density at radius 2 is 2.03 bits per heavy atom. The maximum Gasteiger partial charge on any atom is 0.330 e. The molecular weight excluding hydrogens is 395 g/mol. The summed E-state index contributed by atoms with van der Waals surface area (Å²) < 4.78 is 17.3. The van der Waals surface area contributed by atoms with Gasteiger partial charge in [-0.1, -0.05) is 38.0 Å². The van der Waals surface area contributed by atoms with Gasteiger partial charge in [-0.2, -0.15) is 0 Å². The Kier molecular flexibility index (Phi) is 9.01. The fourth-order valence-corrected chi connectivity index (χ4v) is 4.79. The van der Waals surface area contributed by atoms with Crippen molar-refractivity contribution in [1.82, 2.24) is 10.6 Å². The SMILES string of the molecule is CCCCC(CP(=O)(O)CC(=O)OC(=O)[C@@H]1CCCN1)NC(=O)c1ccccc1. The molecule has 3 atom stereocenters. The number of benzene rings is 1. The molecule has 2 unspecified atom stereocenters. The quantitative estimate of drug-likeness (QED) is 0.299. The van der Waals surface area contributed by atoms with Crippen molar-refractivity contribution in [3.05, 3.63) is 35.9 Å². The first-order valence-electron chi connectivity index (χ1n) is 9.95. The first kappa shape index (κ1) is 23.3. The molecule has 0 bridgehead atoms. The third kappa shape index (κ3) is 8.09. The zero-order valence-electron chi connectivity index (χ0n) is 16.6. The minimum atomic E-state index is -3.94. The van der Waals surface area contributed by atoms with Crippen LogP contribution in [0, 0.1) is 0 Å². The second kappa shape index (κ2) is 11.2. The summed E-state index contributed by atoms with van der Waals surface area (Å²) in [6.45, 7) is 2.65. The van der Waals surface area contributed by atoms with Crippen LogP contribution in [0.2, 0.25) is 0 Å². The molecule has 1 amide bonds. The third-order valence-electron chi connectivity index (χ3n) is 4.72. The molecule has 0 radical (unpaired) electrons. The largest absolute Gasteiger partial charge is 0.392 e. The summed E-state index contributed by atoms with van der Waals surface area (Å²) in [6.07, 6.45) is 2.51. The first-order chi connectivity index (χ1) is 13.8. The summed E-state index contributed by atoms with van der Waals surface area (Å²) in [5.41, 5.74) is 0.454. The van der Waals surface area contributed by atoms with Gasteiger partial charge in [0.25, 0.3) is 5.91 Å². The van der Waals surface area contributed by atoms with Crippen molar-refractivity contribution in [3.63, 3.8) is 0 Å². The smallest absolute Gasteiger partial charge is 0.330 e. The average molecular weight is 424 g/mol. The van der Waals surface area contributed by atoms with E-state index < -0.39 is 37.6 Å². The zero-order chi connectivity index (χ0) is 21.3. The predicted octanol–water partition coefficient (Wildman–Crippen LogP) is 2.07. The van der Waals surface area contributed by atoms with E-state index in [1.807, 2.05) is 6.92 Å². The van der Waals surface area contributed by atoms with E-state index in [0.29, 0.717) is 24.9 Å². The van der Waals surface area contributed by atoms with E-state index in [-0.39, 0.29) is 12.1 Å². The van der Waals surface area contributed by atoms with Crippen LogP contribution >= 0.6 is 7.37 Å². The Morgan fingerprint density at radius 3 is 2.66 bits per heavy atom. The van der Waals surface area contributed by atoms with E-state index >= 15 is 0 Å². The lowest BCUT2D eigenvalue weighted by molar-refractivity contribution is -0.159. The minimum absolute atomic E-state index is 0.253. The number of rotatable bonds is 10. The normalized spacial score (nSPS) is 19.2. The topological polar surface area (TPSA) is 122 Å². The number of esters is 2. The standard InChI is InChI=1S/C20H29N2O6P/c1-2-3-10-16(22-19(24)15-8-5-4-6-9-15)13-29(26,27)14-18(23)28-20(25)17-11-7-12-21-17/h4-6,8-9,16-17,21H,2-3,7,10-14H2,1H3,(H,22,24)(H,26,27)/t16?,17-/m0/s1. The van der Waals surface area contributed by atoms with Gasteiger partial charge in [0.1, 0.15) is 12.2 Å². The van der Waals surface area contributed by atoms with Crippen molar-refractivity contribution in [2.45, 2.75) is 51.1 Å². The average Bonchev–Trinajstić information content (AvgIpc) is 3.21. The van der Waals surface area contributed by atoms with Gasteiger partial charge >= 0.3 is 11.9 Å². The fraction of sp³-hybridized carbons (Fsp3) is 0.550. The molecule has 160 valence electrons. The number of unbranched alkanes of at least 4 members (excludes halogenated alkanes) is 1. The maximum absolute atomic E-state index is 12.6. The Labute approximate surface area is 170 Å². The van der Waals surface area contributed by atoms with E-state index in [1.165, 1.54) is 0 Å². The third-order valence-corrected chi connectivity index (χ3v) is 6.48. The van der Waals surface area contributed by atoms with Crippen LogP contribution in [0.1, 0.15) is 49.4 Å². The van der Waals surface area contributed by atoms with Gasteiger partial charge in [-0.05, 0) is 37.9 Å². The molecule has 0 saturated carbocycles. The van der Waals surface area contributed by atoms with Gasteiger partial charge in [0.15, 0.2) is 0 Å². The number of carbonyl (C=O) groups is 3. The number of carbonyl (C=O) groups excluding carboxylic acids is 3. The van der Waals surface area contributed by atoms with Gasteiger partial charge in [0, 0.05) is 17.8 Å². The zero-order valence-corrected chi connectivity index (χ0v) is 17.5. The number of hydrogen-bond donors (Lipinski definition) is 3. The highest BCUT2D eigenvalue weighted by atomic mass is 31.2. The van der Waals surface area contributed by atoms with Gasteiger partial charge in [-0.15, -0.1) is 0 Å². The van der Waals surface area contributed by atoms with Crippen LogP contribution in [0.3, 0.4) is 0 Å². The van der Waals surface area contributed by atoms with Gasteiger partial charge in [0.2, 0.25) is 7.37 Å². The number of hydrogen-bond acceptors (Lipinski definition) is 6. The van der Waals surface area contributed by atoms with Crippen molar-refractivity contribution in [2.24, 2.45) is 0 Å². The van der Waals surface area contributed by atoms with Crippen LogP contribution in [0.5, 0.6) is 0 Å². The minimum Gasteiger partial charge on any atom is -0.392 e. The summed E-state index contributed by atoms with van der Waals surface area (Å²) >= 11 is 0. The predicted molar refractivity (Wildman–Crippen MR) is 109 cm³/mol. The van der Waals surface area contributed by atoms with E-state index in [2.05, 4.69) is 10.6 Å². The first-order valence-corrected chi connectivity index (χ1v) is 12.0. The van der Waals surface area contributed by atoms with Gasteiger partial charge in [-0.3, -0.25) is 14.2 Å². The lowest BCUT2D eigenvalue weighted by atomic mass is 10.1. The molecule has 3 N–H and O–H groups in total. The van der Waals surface area contributed by atoms with Crippen LogP contribution in [0.25, 0.3) is 0 Å². The molecule has 0 aliphatic carbocycles. The van der Waals surface area contributed by atoms with Gasteiger partial charge in [-0.25, -0.2) is 4.79 Å². The number of amides is 1. The van der Waals surface area contributed by atoms with Crippen LogP contribution in [-0.2, 0) is 18.9 Å². The highest BCUT2D eigenvalue weighted by Gasteiger charge is 2.32. The fourth-order valence-electron chi connectivity index (χ4n) is 3.23. The molecule has 1 heterocycles. The Morgan fingerprint density at radius 1 is 1.31 bits per heavy atom. The molecule has 1 aliphatic rings. The molecule has 1 aromatic carbocycles. The molecule has 1 aliphatic heterocycles. The summed E-state index contributed by atoms with van der Waals surface area (Å²) in [5, 5.41) is 5.69. The molecule has 1 saturated heterocycles. The molecular formula is C20H29N2O6P.